The van der Waals surface area contributed by atoms with E-state index in [4.69, 9.17) is 15.5 Å². The van der Waals surface area contributed by atoms with Crippen LogP contribution in [0.2, 0.25) is 0 Å². The Morgan fingerprint density at radius 2 is 2.15 bits per heavy atom. The number of rotatable bonds is 7. The predicted octanol–water partition coefficient (Wildman–Crippen LogP) is 2.98. The molecule has 2 aliphatic rings. The van der Waals surface area contributed by atoms with Crippen molar-refractivity contribution >= 4 is 11.9 Å². The van der Waals surface area contributed by atoms with Gasteiger partial charge >= 0.3 is 6.09 Å². The zero-order valence-corrected chi connectivity index (χ0v) is 14.9. The Kier molecular flexibility index (Phi) is 4.77. The fourth-order valence-corrected chi connectivity index (χ4v) is 3.67. The Morgan fingerprint density at radius 1 is 1.31 bits per heavy atom. The molecule has 2 fully saturated rings. The topological polar surface area (TPSA) is 86.3 Å². The molecule has 2 N–H and O–H groups in total. The number of ether oxygens (including phenoxy) is 1. The molecule has 1 aliphatic heterocycles. The number of anilines is 1. The average molecular weight is 355 g/mol. The van der Waals surface area contributed by atoms with Crippen LogP contribution in [0.1, 0.15) is 38.1 Å². The smallest absolute Gasteiger partial charge is 0.404 e. The minimum absolute atomic E-state index is 0.418. The maximum Gasteiger partial charge on any atom is 0.404 e. The van der Waals surface area contributed by atoms with E-state index < -0.39 is 6.09 Å². The second kappa shape index (κ2) is 7.35. The Balaban J connectivity index is 1.30. The molecule has 26 heavy (non-hydrogen) atoms. The van der Waals surface area contributed by atoms with Gasteiger partial charge in [-0.3, -0.25) is 4.68 Å². The van der Waals surface area contributed by atoms with E-state index >= 15 is 0 Å². The highest BCUT2D eigenvalue weighted by atomic mass is 16.5. The summed E-state index contributed by atoms with van der Waals surface area (Å²) in [5.41, 5.74) is 7.02. The van der Waals surface area contributed by atoms with Crippen LogP contribution in [0, 0.1) is 5.92 Å². The Labute approximate surface area is 153 Å². The van der Waals surface area contributed by atoms with Crippen LogP contribution in [0.15, 0.2) is 30.6 Å². The molecule has 0 radical (unpaired) electrons. The summed E-state index contributed by atoms with van der Waals surface area (Å²) < 4.78 is 6.85. The van der Waals surface area contributed by atoms with E-state index in [0.29, 0.717) is 18.6 Å². The Hall–Kier alpha value is -2.57. The van der Waals surface area contributed by atoms with Crippen molar-refractivity contribution in [1.82, 2.24) is 14.8 Å². The van der Waals surface area contributed by atoms with E-state index in [-0.39, 0.29) is 0 Å². The van der Waals surface area contributed by atoms with Crippen molar-refractivity contribution in [3.05, 3.63) is 30.6 Å². The van der Waals surface area contributed by atoms with Crippen LogP contribution in [0.4, 0.5) is 10.6 Å². The Bertz CT molecular complexity index is 765. The van der Waals surface area contributed by atoms with Gasteiger partial charge in [-0.2, -0.15) is 5.10 Å². The summed E-state index contributed by atoms with van der Waals surface area (Å²) in [5.74, 6) is 1.74. The summed E-state index contributed by atoms with van der Waals surface area (Å²) in [7, 11) is 0. The van der Waals surface area contributed by atoms with Gasteiger partial charge in [0.25, 0.3) is 0 Å². The van der Waals surface area contributed by atoms with Crippen LogP contribution < -0.4 is 10.6 Å². The van der Waals surface area contributed by atoms with Gasteiger partial charge in [-0.05, 0) is 50.2 Å². The molecule has 4 rings (SSSR count). The lowest BCUT2D eigenvalue weighted by Gasteiger charge is -2.35. The molecule has 2 aromatic rings. The lowest BCUT2D eigenvalue weighted by Crippen LogP contribution is -2.37. The first-order valence-electron chi connectivity index (χ1n) is 9.38. The molecule has 3 heterocycles. The summed E-state index contributed by atoms with van der Waals surface area (Å²) in [6.45, 7) is 2.62. The molecule has 138 valence electrons. The van der Waals surface area contributed by atoms with Gasteiger partial charge in [0.05, 0.1) is 24.5 Å². The molecule has 1 amide bonds. The molecular formula is C19H25N5O2. The maximum atomic E-state index is 10.5. The minimum Gasteiger partial charge on any atom is -0.450 e. The number of nitrogens with zero attached hydrogens (tertiary/aromatic N) is 4. The third-order valence-corrected chi connectivity index (χ3v) is 5.40. The van der Waals surface area contributed by atoms with Crippen LogP contribution in [0.3, 0.4) is 0 Å². The van der Waals surface area contributed by atoms with Crippen LogP contribution >= 0.6 is 0 Å². The Morgan fingerprint density at radius 3 is 2.88 bits per heavy atom. The second-order valence-corrected chi connectivity index (χ2v) is 7.23. The van der Waals surface area contributed by atoms with E-state index in [9.17, 15) is 4.79 Å². The molecule has 1 aliphatic carbocycles. The lowest BCUT2D eigenvalue weighted by atomic mass is 9.77. The van der Waals surface area contributed by atoms with Crippen LogP contribution in [0.25, 0.3) is 11.3 Å². The van der Waals surface area contributed by atoms with E-state index in [1.165, 1.54) is 6.42 Å². The number of primary amides is 1. The minimum atomic E-state index is -0.688. The first-order chi connectivity index (χ1) is 12.7. The highest BCUT2D eigenvalue weighted by Crippen LogP contribution is 2.40. The van der Waals surface area contributed by atoms with Gasteiger partial charge in [0.15, 0.2) is 0 Å². The molecule has 7 heteroatoms. The summed E-state index contributed by atoms with van der Waals surface area (Å²) in [5, 5.41) is 4.55. The van der Waals surface area contributed by atoms with Crippen molar-refractivity contribution in [3.8, 4) is 11.3 Å². The first kappa shape index (κ1) is 16.9. The van der Waals surface area contributed by atoms with Gasteiger partial charge < -0.3 is 15.4 Å². The molecule has 0 unspecified atom stereocenters. The molecule has 0 atom stereocenters. The molecule has 1 saturated heterocycles. The number of hydrogen-bond donors (Lipinski definition) is 1. The van der Waals surface area contributed by atoms with Crippen molar-refractivity contribution in [2.45, 2.75) is 38.1 Å². The highest BCUT2D eigenvalue weighted by Gasteiger charge is 2.30. The predicted molar refractivity (Wildman–Crippen MR) is 98.8 cm³/mol. The number of nitrogens with two attached hydrogens (primary N) is 1. The van der Waals surface area contributed by atoms with Gasteiger partial charge in [0.2, 0.25) is 0 Å². The van der Waals surface area contributed by atoms with Crippen LogP contribution in [0.5, 0.6) is 0 Å². The molecular weight excluding hydrogens is 330 g/mol. The van der Waals surface area contributed by atoms with E-state index in [0.717, 1.165) is 55.8 Å². The van der Waals surface area contributed by atoms with Gasteiger partial charge in [-0.1, -0.05) is 6.07 Å². The van der Waals surface area contributed by atoms with Crippen molar-refractivity contribution < 1.29 is 9.53 Å². The monoisotopic (exact) mass is 355 g/mol. The van der Waals surface area contributed by atoms with Crippen molar-refractivity contribution in [2.75, 3.05) is 24.6 Å². The number of aromatic nitrogens is 3. The van der Waals surface area contributed by atoms with Crippen molar-refractivity contribution in [2.24, 2.45) is 11.7 Å². The normalized spacial score (nSPS) is 21.8. The molecule has 0 spiro atoms. The van der Waals surface area contributed by atoms with E-state index in [1.54, 1.807) is 0 Å². The largest absolute Gasteiger partial charge is 0.450 e. The third-order valence-electron chi connectivity index (χ3n) is 5.40. The number of carbonyl (C=O) groups is 1. The number of pyridine rings is 1. The lowest BCUT2D eigenvalue weighted by molar-refractivity contribution is 0.135. The standard InChI is InChI=1S/C19H25N5O2/c20-19(25)26-9-2-4-14-10-16(11-14)24-13-15(12-21-24)17-5-1-6-18(22-17)23-7-3-8-23/h1,5-6,12-14,16H,2-4,7-11H2,(H2,20,25). The van der Waals surface area contributed by atoms with E-state index in [2.05, 4.69) is 33.0 Å². The molecule has 7 nitrogen and oxygen atoms in total. The first-order valence-corrected chi connectivity index (χ1v) is 9.38. The van der Waals surface area contributed by atoms with Crippen molar-refractivity contribution in [3.63, 3.8) is 0 Å². The van der Waals surface area contributed by atoms with Gasteiger partial charge in [0, 0.05) is 24.8 Å². The number of amides is 1. The zero-order valence-electron chi connectivity index (χ0n) is 14.9. The highest BCUT2D eigenvalue weighted by molar-refractivity contribution is 5.64. The van der Waals surface area contributed by atoms with Gasteiger partial charge in [-0.25, -0.2) is 9.78 Å². The summed E-state index contributed by atoms with van der Waals surface area (Å²) >= 11 is 0. The fourth-order valence-electron chi connectivity index (χ4n) is 3.67. The summed E-state index contributed by atoms with van der Waals surface area (Å²) in [4.78, 5) is 17.6. The van der Waals surface area contributed by atoms with E-state index in [1.807, 2.05) is 12.3 Å². The zero-order chi connectivity index (χ0) is 17.9. The van der Waals surface area contributed by atoms with Crippen molar-refractivity contribution in [1.29, 1.82) is 0 Å². The second-order valence-electron chi connectivity index (χ2n) is 7.23. The average Bonchev–Trinajstić information content (AvgIpc) is 3.01. The van der Waals surface area contributed by atoms with Crippen LogP contribution in [-0.4, -0.2) is 40.6 Å². The van der Waals surface area contributed by atoms with Crippen LogP contribution in [-0.2, 0) is 4.74 Å². The van der Waals surface area contributed by atoms with Gasteiger partial charge in [0.1, 0.15) is 5.82 Å². The summed E-state index contributed by atoms with van der Waals surface area (Å²) in [6.07, 6.45) is 8.77. The fraction of sp³-hybridized carbons (Fsp3) is 0.526. The number of hydrogen-bond acceptors (Lipinski definition) is 5. The SMILES string of the molecule is NC(=O)OCCCC1CC(n2cc(-c3cccc(N4CCC4)n3)cn2)C1. The summed E-state index contributed by atoms with van der Waals surface area (Å²) in [6, 6.07) is 6.66. The van der Waals surface area contributed by atoms with Gasteiger partial charge in [-0.15, -0.1) is 0 Å². The molecule has 0 aromatic carbocycles. The molecule has 0 bridgehead atoms. The molecule has 1 saturated carbocycles. The maximum absolute atomic E-state index is 10.5. The quantitative estimate of drug-likeness (QED) is 0.772. The molecule has 2 aromatic heterocycles. The third kappa shape index (κ3) is 3.66. The number of carbonyl (C=O) groups excluding carboxylic acids is 1.